The number of carbonyl (C=O) groups is 3. The van der Waals surface area contributed by atoms with Gasteiger partial charge >= 0.3 is 0 Å². The third-order valence-corrected chi connectivity index (χ3v) is 14.2. The van der Waals surface area contributed by atoms with Crippen molar-refractivity contribution in [3.05, 3.63) is 176 Å². The summed E-state index contributed by atoms with van der Waals surface area (Å²) in [6.07, 6.45) is 0.880. The van der Waals surface area contributed by atoms with Gasteiger partial charge < -0.3 is 39.5 Å². The Hall–Kier alpha value is -10.0. The van der Waals surface area contributed by atoms with Crippen molar-refractivity contribution in [3.8, 4) is 57.3 Å². The Bertz CT molecular complexity index is 4000. The van der Waals surface area contributed by atoms with Crippen molar-refractivity contribution in [3.63, 3.8) is 0 Å². The number of amides is 3. The number of nitrogens with zero attached hydrogens (tertiary/aromatic N) is 7. The van der Waals surface area contributed by atoms with Gasteiger partial charge in [0.1, 0.15) is 22.8 Å². The van der Waals surface area contributed by atoms with Crippen molar-refractivity contribution in [2.45, 2.75) is 46.5 Å². The molecule has 17 nitrogen and oxygen atoms in total. The fourth-order valence-electron chi connectivity index (χ4n) is 10.6. The Kier molecular flexibility index (Phi) is 13.3. The van der Waals surface area contributed by atoms with E-state index >= 15 is 0 Å². The molecule has 0 atom stereocenters. The molecule has 0 fully saturated rings. The predicted octanol–water partition coefficient (Wildman–Crippen LogP) is 9.19. The molecule has 3 aromatic heterocycles. The van der Waals surface area contributed by atoms with E-state index in [-0.39, 0.29) is 30.0 Å². The van der Waals surface area contributed by atoms with Crippen LogP contribution < -0.4 is 20.7 Å². The van der Waals surface area contributed by atoms with Crippen molar-refractivity contribution in [1.29, 1.82) is 15.8 Å². The largest absolute Gasteiger partial charge is 0.497 e. The highest BCUT2D eigenvalue weighted by molar-refractivity contribution is 6.08. The number of hydrogen-bond donors (Lipinski definition) is 4. The number of nitrogens with one attached hydrogen (secondary N) is 3. The smallest absolute Gasteiger partial charge is 0.269 e. The van der Waals surface area contributed by atoms with Gasteiger partial charge in [-0.25, -0.2) is 0 Å². The van der Waals surface area contributed by atoms with Crippen molar-refractivity contribution in [2.75, 3.05) is 26.7 Å². The van der Waals surface area contributed by atoms with Gasteiger partial charge in [-0.1, -0.05) is 36.4 Å². The van der Waals surface area contributed by atoms with Crippen LogP contribution >= 0.6 is 0 Å². The van der Waals surface area contributed by atoms with Crippen molar-refractivity contribution in [2.24, 2.45) is 0 Å². The second-order valence-corrected chi connectivity index (χ2v) is 18.6. The molecule has 0 saturated carbocycles. The molecule has 0 radical (unpaired) electrons. The SMILES string of the molecule is COc1ccc(-c2cc(C#N)cc3cc4n(c23)CCCNC4=O)cc1.Cc1c2n(c3c(-c4ccc(CO)cc4)cc(C#N)cc13)CCNC2=O.Cc1c2n(c3c(-c4ccc([N+](=O)[O-])cc4)cc(C#N)cc13)CCNC2=O. The Morgan fingerprint density at radius 3 is 1.53 bits per heavy atom. The number of aliphatic hydroxyl groups is 1. The highest BCUT2D eigenvalue weighted by Crippen LogP contribution is 2.39. The molecular formula is C59H48N10O7. The van der Waals surface area contributed by atoms with Gasteiger partial charge in [0.25, 0.3) is 23.4 Å². The molecule has 3 amide bonds. The monoisotopic (exact) mass is 1010 g/mol. The number of aryl methyl sites for hydroxylation is 3. The fraction of sp³-hybridized carbons (Fsp3) is 0.186. The molecule has 17 heteroatoms. The van der Waals surface area contributed by atoms with E-state index < -0.39 is 4.92 Å². The lowest BCUT2D eigenvalue weighted by atomic mass is 9.98. The van der Waals surface area contributed by atoms with E-state index in [9.17, 15) is 45.4 Å². The maximum atomic E-state index is 12.3. The minimum absolute atomic E-state index is 0.00622. The molecule has 6 heterocycles. The van der Waals surface area contributed by atoms with Crippen LogP contribution in [0.4, 0.5) is 5.69 Å². The Balaban J connectivity index is 0.000000130. The summed E-state index contributed by atoms with van der Waals surface area (Å²) < 4.78 is 11.3. The van der Waals surface area contributed by atoms with E-state index in [1.54, 1.807) is 31.4 Å². The number of nitriles is 3. The number of aliphatic hydroxyl groups excluding tert-OH is 1. The van der Waals surface area contributed by atoms with Crippen LogP contribution in [0, 0.1) is 58.0 Å². The second kappa shape index (κ2) is 20.5. The first kappa shape index (κ1) is 49.6. The molecule has 6 aromatic carbocycles. The molecular weight excluding hydrogens is 961 g/mol. The number of nitro groups is 1. The van der Waals surface area contributed by atoms with Crippen molar-refractivity contribution >= 4 is 56.1 Å². The van der Waals surface area contributed by atoms with E-state index in [0.29, 0.717) is 66.5 Å². The third-order valence-electron chi connectivity index (χ3n) is 14.2. The van der Waals surface area contributed by atoms with Gasteiger partial charge in [0.15, 0.2) is 0 Å². The fourth-order valence-corrected chi connectivity index (χ4v) is 10.6. The topological polar surface area (TPSA) is 246 Å². The van der Waals surface area contributed by atoms with E-state index in [2.05, 4.69) is 43.3 Å². The minimum Gasteiger partial charge on any atom is -0.497 e. The lowest BCUT2D eigenvalue weighted by Gasteiger charge is -2.18. The van der Waals surface area contributed by atoms with Crippen molar-refractivity contribution in [1.82, 2.24) is 29.7 Å². The molecule has 9 aromatic rings. The molecule has 376 valence electrons. The average Bonchev–Trinajstić information content (AvgIpc) is 4.06. The number of ether oxygens (including phenoxy) is 1. The summed E-state index contributed by atoms with van der Waals surface area (Å²) >= 11 is 0. The molecule has 0 aliphatic carbocycles. The molecule has 76 heavy (non-hydrogen) atoms. The Morgan fingerprint density at radius 2 is 1.05 bits per heavy atom. The van der Waals surface area contributed by atoms with Crippen LogP contribution in [0.15, 0.2) is 115 Å². The number of benzene rings is 6. The van der Waals surface area contributed by atoms with Gasteiger partial charge in [-0.2, -0.15) is 15.8 Å². The number of carbonyl (C=O) groups excluding carboxylic acids is 3. The van der Waals surface area contributed by atoms with E-state index in [1.807, 2.05) is 97.3 Å². The zero-order valence-corrected chi connectivity index (χ0v) is 41.7. The summed E-state index contributed by atoms with van der Waals surface area (Å²) in [4.78, 5) is 47.5. The second-order valence-electron chi connectivity index (χ2n) is 18.6. The van der Waals surface area contributed by atoms with Crippen LogP contribution in [0.1, 0.15) is 71.3 Å². The van der Waals surface area contributed by atoms with E-state index in [4.69, 9.17) is 4.74 Å². The predicted molar refractivity (Wildman–Crippen MR) is 286 cm³/mol. The number of aromatic nitrogens is 3. The number of rotatable bonds is 6. The van der Waals surface area contributed by atoms with Gasteiger partial charge in [0, 0.05) is 84.3 Å². The number of non-ortho nitro benzene ring substituents is 1. The van der Waals surface area contributed by atoms with Gasteiger partial charge in [0.2, 0.25) is 0 Å². The molecule has 0 spiro atoms. The first-order valence-electron chi connectivity index (χ1n) is 24.5. The minimum atomic E-state index is -0.446. The lowest BCUT2D eigenvalue weighted by molar-refractivity contribution is -0.384. The molecule has 3 aliphatic rings. The van der Waals surface area contributed by atoms with Crippen molar-refractivity contribution < 1.29 is 29.2 Å². The van der Waals surface area contributed by atoms with Gasteiger partial charge in [-0.3, -0.25) is 24.5 Å². The summed E-state index contributed by atoms with van der Waals surface area (Å²) in [6, 6.07) is 41.1. The summed E-state index contributed by atoms with van der Waals surface area (Å²) in [7, 11) is 1.63. The summed E-state index contributed by atoms with van der Waals surface area (Å²) in [5.41, 5.74) is 14.4. The lowest BCUT2D eigenvalue weighted by Crippen LogP contribution is -2.35. The number of methoxy groups -OCH3 is 1. The molecule has 12 rings (SSSR count). The van der Waals surface area contributed by atoms with E-state index in [1.165, 1.54) is 12.1 Å². The molecule has 0 bridgehead atoms. The van der Waals surface area contributed by atoms with Crippen LogP contribution in [0.3, 0.4) is 0 Å². The molecule has 0 saturated heterocycles. The zero-order chi connectivity index (χ0) is 53.4. The number of fused-ring (bicyclic) bond motifs is 9. The first-order chi connectivity index (χ1) is 36.8. The molecule has 3 aliphatic heterocycles. The summed E-state index contributed by atoms with van der Waals surface area (Å²) in [5.74, 6) is 0.524. The third kappa shape index (κ3) is 8.89. The maximum absolute atomic E-state index is 12.3. The van der Waals surface area contributed by atoms with Gasteiger partial charge in [0.05, 0.1) is 70.1 Å². The average molecular weight is 1010 g/mol. The quantitative estimate of drug-likeness (QED) is 0.0908. The van der Waals surface area contributed by atoms with Crippen LogP contribution in [-0.2, 0) is 26.2 Å². The normalized spacial score (nSPS) is 13.4. The van der Waals surface area contributed by atoms with Gasteiger partial charge in [-0.05, 0) is 120 Å². The molecule has 4 N–H and O–H groups in total. The highest BCUT2D eigenvalue weighted by Gasteiger charge is 2.28. The number of hydrogen-bond acceptors (Lipinski definition) is 10. The first-order valence-corrected chi connectivity index (χ1v) is 24.5. The van der Waals surface area contributed by atoms with Crippen LogP contribution in [0.25, 0.3) is 66.1 Å². The maximum Gasteiger partial charge on any atom is 0.269 e. The summed E-state index contributed by atoms with van der Waals surface area (Å²) in [5, 5.41) is 59.7. The number of nitro benzene ring substituents is 1. The van der Waals surface area contributed by atoms with Crippen LogP contribution in [0.5, 0.6) is 5.75 Å². The Labute approximate surface area is 435 Å². The van der Waals surface area contributed by atoms with Crippen LogP contribution in [0.2, 0.25) is 0 Å². The standard InChI is InChI=1S/2C20H17N3O2.C19H14N4O3/c1-25-16-5-3-14(4-6-16)17-10-13(12-21)9-15-11-18-20(24)22-7-2-8-23(18)19(15)17;1-12-16-8-14(10-21)9-17(15-4-2-13(11-24)3-5-15)19(16)23-7-6-22-20(25)18(12)23;1-11-15-8-12(10-20)9-16(13-2-4-14(5-3-13)23(25)26)18(15)22-7-6-21-19(24)17(11)22/h3-6,9-11H,2,7-8H2,1H3,(H,22,24);2-5,8-9,24H,6-7,11H2,1H3,(H,22,25);2-5,8-9H,6-7H2,1H3,(H,21,24). The Morgan fingerprint density at radius 1 is 0.592 bits per heavy atom. The zero-order valence-electron chi connectivity index (χ0n) is 41.7. The summed E-state index contributed by atoms with van der Waals surface area (Å²) in [6.45, 7) is 7.72. The van der Waals surface area contributed by atoms with Gasteiger partial charge in [-0.15, -0.1) is 0 Å². The highest BCUT2D eigenvalue weighted by atomic mass is 16.6. The molecule has 0 unspecified atom stereocenters. The van der Waals surface area contributed by atoms with Crippen LogP contribution in [-0.4, -0.2) is 68.2 Å². The van der Waals surface area contributed by atoms with E-state index in [0.717, 1.165) is 101 Å².